The van der Waals surface area contributed by atoms with Crippen molar-refractivity contribution in [2.24, 2.45) is 0 Å². The molecule has 0 aliphatic carbocycles. The van der Waals surface area contributed by atoms with E-state index in [1.54, 1.807) is 0 Å². The van der Waals surface area contributed by atoms with E-state index in [1.165, 1.54) is 13.2 Å². The monoisotopic (exact) mass is 191 g/mol. The molecule has 1 aliphatic heterocycles. The molecule has 4 heteroatoms. The van der Waals surface area contributed by atoms with Gasteiger partial charge in [-0.25, -0.2) is 0 Å². The van der Waals surface area contributed by atoms with Crippen LogP contribution in [0.3, 0.4) is 0 Å². The van der Waals surface area contributed by atoms with Crippen molar-refractivity contribution in [2.45, 2.75) is 6.23 Å². The zero-order chi connectivity index (χ0) is 6.85. The van der Waals surface area contributed by atoms with Crippen LogP contribution in [-0.4, -0.2) is 19.2 Å². The molecule has 3 nitrogen and oxygen atoms in total. The molecule has 0 aromatic heterocycles. The molecule has 1 aliphatic rings. The number of amides is 1. The lowest BCUT2D eigenvalue weighted by Gasteiger charge is -2.07. The second kappa shape index (κ2) is 2.49. The third-order valence-corrected chi connectivity index (χ3v) is 1.67. The predicted molar refractivity (Wildman–Crippen MR) is 35.9 cm³/mol. The quantitative estimate of drug-likeness (QED) is 0.651. The lowest BCUT2D eigenvalue weighted by Crippen LogP contribution is -2.28. The predicted octanol–water partition coefficient (Wildman–Crippen LogP) is 0.368. The van der Waals surface area contributed by atoms with E-state index in [-0.39, 0.29) is 12.1 Å². The molecular weight excluding hydrogens is 186 g/mol. The molecule has 50 valence electrons. The van der Waals surface area contributed by atoms with Crippen LogP contribution in [0.2, 0.25) is 0 Å². The maximum atomic E-state index is 10.5. The molecule has 0 spiro atoms. The standard InChI is InChI=1S/C5H6BrNO2/c1-9-5-3(6)2-4(8)7-5/h2,5H,1H3,(H,7,8). The normalized spacial score (nSPS) is 25.8. The lowest BCUT2D eigenvalue weighted by atomic mass is 10.5. The van der Waals surface area contributed by atoms with E-state index in [9.17, 15) is 4.79 Å². The number of nitrogens with one attached hydrogen (secondary N) is 1. The maximum Gasteiger partial charge on any atom is 0.247 e. The first kappa shape index (κ1) is 6.77. The van der Waals surface area contributed by atoms with E-state index in [0.717, 1.165) is 4.48 Å². The van der Waals surface area contributed by atoms with E-state index < -0.39 is 0 Å². The minimum Gasteiger partial charge on any atom is -0.357 e. The Hall–Kier alpha value is -0.350. The van der Waals surface area contributed by atoms with Crippen molar-refractivity contribution in [3.05, 3.63) is 10.6 Å². The van der Waals surface area contributed by atoms with Gasteiger partial charge in [0, 0.05) is 17.7 Å². The topological polar surface area (TPSA) is 38.3 Å². The van der Waals surface area contributed by atoms with Crippen LogP contribution in [0.4, 0.5) is 0 Å². The van der Waals surface area contributed by atoms with Crippen LogP contribution >= 0.6 is 15.9 Å². The maximum absolute atomic E-state index is 10.5. The van der Waals surface area contributed by atoms with Crippen molar-refractivity contribution in [2.75, 3.05) is 7.11 Å². The SMILES string of the molecule is COC1NC(=O)C=C1Br. The van der Waals surface area contributed by atoms with Gasteiger partial charge >= 0.3 is 0 Å². The fourth-order valence-electron chi connectivity index (χ4n) is 0.612. The Labute approximate surface area is 61.2 Å². The van der Waals surface area contributed by atoms with Gasteiger partial charge in [-0.3, -0.25) is 4.79 Å². The summed E-state index contributed by atoms with van der Waals surface area (Å²) in [5, 5.41) is 2.55. The Kier molecular flexibility index (Phi) is 1.87. The molecule has 0 saturated heterocycles. The molecule has 0 aromatic carbocycles. The van der Waals surface area contributed by atoms with Crippen LogP contribution in [0.25, 0.3) is 0 Å². The second-order valence-corrected chi connectivity index (χ2v) is 2.57. The van der Waals surface area contributed by atoms with Gasteiger partial charge < -0.3 is 10.1 Å². The van der Waals surface area contributed by atoms with Gasteiger partial charge in [0.25, 0.3) is 0 Å². The second-order valence-electron chi connectivity index (χ2n) is 1.65. The molecule has 1 heterocycles. The molecule has 9 heavy (non-hydrogen) atoms. The van der Waals surface area contributed by atoms with E-state index in [0.29, 0.717) is 0 Å². The third kappa shape index (κ3) is 1.31. The number of carbonyl (C=O) groups is 1. The number of halogens is 1. The number of hydrogen-bond acceptors (Lipinski definition) is 2. The van der Waals surface area contributed by atoms with Crippen molar-refractivity contribution in [3.63, 3.8) is 0 Å². The molecule has 0 radical (unpaired) electrons. The molecule has 0 aromatic rings. The molecule has 0 bridgehead atoms. The summed E-state index contributed by atoms with van der Waals surface area (Å²) in [5.74, 6) is -0.117. The van der Waals surface area contributed by atoms with Gasteiger partial charge in [-0.2, -0.15) is 0 Å². The highest BCUT2D eigenvalue weighted by molar-refractivity contribution is 9.11. The lowest BCUT2D eigenvalue weighted by molar-refractivity contribution is -0.117. The number of hydrogen-bond donors (Lipinski definition) is 1. The summed E-state index contributed by atoms with van der Waals surface area (Å²) >= 11 is 3.16. The highest BCUT2D eigenvalue weighted by Crippen LogP contribution is 2.15. The van der Waals surface area contributed by atoms with E-state index >= 15 is 0 Å². The van der Waals surface area contributed by atoms with Gasteiger partial charge in [0.05, 0.1) is 0 Å². The summed E-state index contributed by atoms with van der Waals surface area (Å²) in [6, 6.07) is 0. The first-order valence-corrected chi connectivity index (χ1v) is 3.23. The smallest absolute Gasteiger partial charge is 0.247 e. The highest BCUT2D eigenvalue weighted by atomic mass is 79.9. The fourth-order valence-corrected chi connectivity index (χ4v) is 1.12. The minimum atomic E-state index is -0.280. The molecule has 0 fully saturated rings. The van der Waals surface area contributed by atoms with Gasteiger partial charge in [0.2, 0.25) is 5.91 Å². The molecule has 1 amide bonds. The number of rotatable bonds is 1. The van der Waals surface area contributed by atoms with Gasteiger partial charge in [0.1, 0.15) is 0 Å². The minimum absolute atomic E-state index is 0.117. The summed E-state index contributed by atoms with van der Waals surface area (Å²) in [6.07, 6.45) is 1.17. The average Bonchev–Trinajstić information content (AvgIpc) is 2.10. The molecule has 0 saturated carbocycles. The van der Waals surface area contributed by atoms with Crippen molar-refractivity contribution >= 4 is 21.8 Å². The van der Waals surface area contributed by atoms with Crippen LogP contribution in [0.1, 0.15) is 0 Å². The zero-order valence-corrected chi connectivity index (χ0v) is 6.44. The summed E-state index contributed by atoms with van der Waals surface area (Å²) in [7, 11) is 1.53. The van der Waals surface area contributed by atoms with Crippen molar-refractivity contribution < 1.29 is 9.53 Å². The Balaban J connectivity index is 2.64. The van der Waals surface area contributed by atoms with E-state index in [2.05, 4.69) is 21.2 Å². The Morgan fingerprint density at radius 2 is 2.56 bits per heavy atom. The Morgan fingerprint density at radius 1 is 1.89 bits per heavy atom. The number of methoxy groups -OCH3 is 1. The Morgan fingerprint density at radius 3 is 2.78 bits per heavy atom. The molecule has 1 unspecified atom stereocenters. The summed E-state index contributed by atoms with van der Waals surface area (Å²) in [6.45, 7) is 0. The number of ether oxygens (including phenoxy) is 1. The first-order valence-electron chi connectivity index (χ1n) is 2.44. The van der Waals surface area contributed by atoms with Crippen molar-refractivity contribution in [1.29, 1.82) is 0 Å². The van der Waals surface area contributed by atoms with Crippen LogP contribution in [0.15, 0.2) is 10.6 Å². The summed E-state index contributed by atoms with van der Waals surface area (Å²) < 4.78 is 5.59. The highest BCUT2D eigenvalue weighted by Gasteiger charge is 2.20. The van der Waals surface area contributed by atoms with Gasteiger partial charge in [-0.05, 0) is 0 Å². The first-order chi connectivity index (χ1) is 4.24. The van der Waals surface area contributed by atoms with Gasteiger partial charge in [-0.15, -0.1) is 0 Å². The van der Waals surface area contributed by atoms with Crippen LogP contribution in [-0.2, 0) is 9.53 Å². The average molecular weight is 192 g/mol. The van der Waals surface area contributed by atoms with Crippen LogP contribution < -0.4 is 5.32 Å². The largest absolute Gasteiger partial charge is 0.357 e. The van der Waals surface area contributed by atoms with E-state index in [1.807, 2.05) is 0 Å². The van der Waals surface area contributed by atoms with E-state index in [4.69, 9.17) is 4.74 Å². The molecule has 1 N–H and O–H groups in total. The molecule has 1 atom stereocenters. The van der Waals surface area contributed by atoms with Gasteiger partial charge in [-0.1, -0.05) is 15.9 Å². The zero-order valence-electron chi connectivity index (χ0n) is 4.85. The van der Waals surface area contributed by atoms with Crippen LogP contribution in [0, 0.1) is 0 Å². The number of carbonyl (C=O) groups excluding carboxylic acids is 1. The summed E-state index contributed by atoms with van der Waals surface area (Å²) in [5.41, 5.74) is 0. The van der Waals surface area contributed by atoms with Crippen molar-refractivity contribution in [1.82, 2.24) is 5.32 Å². The fraction of sp³-hybridized carbons (Fsp3) is 0.400. The molecule has 1 rings (SSSR count). The van der Waals surface area contributed by atoms with Gasteiger partial charge in [0.15, 0.2) is 6.23 Å². The van der Waals surface area contributed by atoms with Crippen LogP contribution in [0.5, 0.6) is 0 Å². The summed E-state index contributed by atoms with van der Waals surface area (Å²) in [4.78, 5) is 10.5. The third-order valence-electron chi connectivity index (χ3n) is 1.03. The molecular formula is C5H6BrNO2. The Bertz CT molecular complexity index is 166. The van der Waals surface area contributed by atoms with Crippen molar-refractivity contribution in [3.8, 4) is 0 Å².